The summed E-state index contributed by atoms with van der Waals surface area (Å²) in [6.07, 6.45) is 1.34. The van der Waals surface area contributed by atoms with Crippen LogP contribution in [0.4, 0.5) is 10.1 Å². The first kappa shape index (κ1) is 14.4. The molecule has 1 aromatic carbocycles. The fourth-order valence-corrected chi connectivity index (χ4v) is 1.66. The molecule has 0 bridgehead atoms. The standard InChI is InChI=1S/C14H11FN2O4/c1-21-14(20)10-7-9(2-3-11(10)15)17-13(19)8-4-5-16-12(18)6-8/h2-7H,1H3,(H,16,18)(H,17,19). The number of pyridine rings is 1. The topological polar surface area (TPSA) is 88.3 Å². The second-order valence-corrected chi connectivity index (χ2v) is 4.08. The second-order valence-electron chi connectivity index (χ2n) is 4.08. The molecule has 0 aliphatic heterocycles. The van der Waals surface area contributed by atoms with E-state index in [9.17, 15) is 18.8 Å². The molecule has 108 valence electrons. The van der Waals surface area contributed by atoms with Gasteiger partial charge in [0.2, 0.25) is 5.56 Å². The number of methoxy groups -OCH3 is 1. The molecule has 0 unspecified atom stereocenters. The summed E-state index contributed by atoms with van der Waals surface area (Å²) in [4.78, 5) is 36.8. The molecule has 7 heteroatoms. The van der Waals surface area contributed by atoms with Crippen molar-refractivity contribution in [1.82, 2.24) is 4.98 Å². The molecule has 2 rings (SSSR count). The predicted octanol–water partition coefficient (Wildman–Crippen LogP) is 1.55. The van der Waals surface area contributed by atoms with Gasteiger partial charge in [0, 0.05) is 23.5 Å². The van der Waals surface area contributed by atoms with Gasteiger partial charge in [-0.2, -0.15) is 0 Å². The van der Waals surface area contributed by atoms with E-state index in [0.29, 0.717) is 0 Å². The summed E-state index contributed by atoms with van der Waals surface area (Å²) in [6.45, 7) is 0. The molecule has 1 aromatic heterocycles. The van der Waals surface area contributed by atoms with Crippen molar-refractivity contribution in [1.29, 1.82) is 0 Å². The fourth-order valence-electron chi connectivity index (χ4n) is 1.66. The molecule has 0 aliphatic rings. The number of H-pyrrole nitrogens is 1. The highest BCUT2D eigenvalue weighted by atomic mass is 19.1. The van der Waals surface area contributed by atoms with Gasteiger partial charge in [-0.25, -0.2) is 9.18 Å². The molecule has 6 nitrogen and oxygen atoms in total. The summed E-state index contributed by atoms with van der Waals surface area (Å²) >= 11 is 0. The molecule has 0 saturated heterocycles. The summed E-state index contributed by atoms with van der Waals surface area (Å²) in [5.41, 5.74) is -0.358. The van der Waals surface area contributed by atoms with Crippen LogP contribution in [0, 0.1) is 5.82 Å². The van der Waals surface area contributed by atoms with Crippen LogP contribution in [0.25, 0.3) is 0 Å². The number of anilines is 1. The highest BCUT2D eigenvalue weighted by Crippen LogP contribution is 2.16. The van der Waals surface area contributed by atoms with Crippen LogP contribution in [-0.2, 0) is 4.74 Å². The maximum Gasteiger partial charge on any atom is 0.340 e. The van der Waals surface area contributed by atoms with Crippen LogP contribution in [0.1, 0.15) is 20.7 Å². The number of rotatable bonds is 3. The van der Waals surface area contributed by atoms with E-state index in [-0.39, 0.29) is 16.8 Å². The lowest BCUT2D eigenvalue weighted by Crippen LogP contribution is -2.16. The number of halogens is 1. The van der Waals surface area contributed by atoms with Crippen molar-refractivity contribution >= 4 is 17.6 Å². The van der Waals surface area contributed by atoms with Crippen molar-refractivity contribution in [3.05, 3.63) is 63.8 Å². The molecular weight excluding hydrogens is 279 g/mol. The Kier molecular flexibility index (Phi) is 4.13. The molecule has 1 heterocycles. The van der Waals surface area contributed by atoms with Gasteiger partial charge in [0.15, 0.2) is 0 Å². The monoisotopic (exact) mass is 290 g/mol. The van der Waals surface area contributed by atoms with E-state index < -0.39 is 23.3 Å². The van der Waals surface area contributed by atoms with E-state index in [2.05, 4.69) is 15.0 Å². The van der Waals surface area contributed by atoms with E-state index >= 15 is 0 Å². The number of amides is 1. The van der Waals surface area contributed by atoms with Crippen LogP contribution >= 0.6 is 0 Å². The quantitative estimate of drug-likeness (QED) is 0.839. The minimum absolute atomic E-state index is 0.141. The van der Waals surface area contributed by atoms with Crippen molar-refractivity contribution in [3.8, 4) is 0 Å². The zero-order chi connectivity index (χ0) is 15.4. The number of benzene rings is 1. The largest absolute Gasteiger partial charge is 0.465 e. The third-order valence-electron chi connectivity index (χ3n) is 2.67. The van der Waals surface area contributed by atoms with E-state index in [1.165, 1.54) is 18.3 Å². The first-order valence-corrected chi connectivity index (χ1v) is 5.89. The third kappa shape index (κ3) is 3.33. The summed E-state index contributed by atoms with van der Waals surface area (Å²) in [7, 11) is 1.13. The van der Waals surface area contributed by atoms with Gasteiger partial charge in [-0.15, -0.1) is 0 Å². The first-order valence-electron chi connectivity index (χ1n) is 5.89. The molecule has 0 spiro atoms. The van der Waals surface area contributed by atoms with Crippen LogP contribution in [0.3, 0.4) is 0 Å². The van der Waals surface area contributed by atoms with Gasteiger partial charge in [-0.1, -0.05) is 0 Å². The Hall–Kier alpha value is -2.96. The minimum atomic E-state index is -0.847. The molecule has 21 heavy (non-hydrogen) atoms. The van der Waals surface area contributed by atoms with E-state index in [1.54, 1.807) is 0 Å². The molecule has 0 radical (unpaired) electrons. The smallest absolute Gasteiger partial charge is 0.340 e. The summed E-state index contributed by atoms with van der Waals surface area (Å²) in [5, 5.41) is 2.47. The van der Waals surface area contributed by atoms with Gasteiger partial charge < -0.3 is 15.0 Å². The Bertz CT molecular complexity index is 755. The molecule has 0 saturated carbocycles. The van der Waals surface area contributed by atoms with Crippen molar-refractivity contribution in [2.75, 3.05) is 12.4 Å². The Labute approximate surface area is 118 Å². The highest BCUT2D eigenvalue weighted by molar-refractivity contribution is 6.04. The zero-order valence-electron chi connectivity index (χ0n) is 11.0. The predicted molar refractivity (Wildman–Crippen MR) is 72.8 cm³/mol. The van der Waals surface area contributed by atoms with Gasteiger partial charge >= 0.3 is 5.97 Å². The average molecular weight is 290 g/mol. The maximum absolute atomic E-state index is 13.5. The van der Waals surface area contributed by atoms with Crippen molar-refractivity contribution in [2.24, 2.45) is 0 Å². The van der Waals surface area contributed by atoms with E-state index in [0.717, 1.165) is 25.3 Å². The molecule has 0 atom stereocenters. The number of aromatic amines is 1. The van der Waals surface area contributed by atoms with Crippen molar-refractivity contribution in [2.45, 2.75) is 0 Å². The van der Waals surface area contributed by atoms with Crippen LogP contribution in [0.15, 0.2) is 41.3 Å². The molecule has 0 aliphatic carbocycles. The van der Waals surface area contributed by atoms with Gasteiger partial charge in [-0.05, 0) is 24.3 Å². The van der Waals surface area contributed by atoms with Gasteiger partial charge in [0.1, 0.15) is 5.82 Å². The average Bonchev–Trinajstić information content (AvgIpc) is 2.48. The number of carbonyl (C=O) groups excluding carboxylic acids is 2. The molecule has 1 amide bonds. The Morgan fingerprint density at radius 2 is 2.00 bits per heavy atom. The first-order chi connectivity index (χ1) is 10.0. The van der Waals surface area contributed by atoms with Crippen molar-refractivity contribution < 1.29 is 18.7 Å². The van der Waals surface area contributed by atoms with Crippen LogP contribution in [0.5, 0.6) is 0 Å². The lowest BCUT2D eigenvalue weighted by atomic mass is 10.1. The summed E-state index contributed by atoms with van der Waals surface area (Å²) in [5.74, 6) is -2.15. The van der Waals surface area contributed by atoms with Crippen LogP contribution in [0.2, 0.25) is 0 Å². The van der Waals surface area contributed by atoms with Gasteiger partial charge in [0.05, 0.1) is 12.7 Å². The zero-order valence-corrected chi connectivity index (χ0v) is 11.0. The number of ether oxygens (including phenoxy) is 1. The van der Waals surface area contributed by atoms with Gasteiger partial charge in [-0.3, -0.25) is 9.59 Å². The third-order valence-corrected chi connectivity index (χ3v) is 2.67. The minimum Gasteiger partial charge on any atom is -0.465 e. The molecular formula is C14H11FN2O4. The van der Waals surface area contributed by atoms with Gasteiger partial charge in [0.25, 0.3) is 5.91 Å². The van der Waals surface area contributed by atoms with Crippen LogP contribution < -0.4 is 10.9 Å². The number of hydrogen-bond donors (Lipinski definition) is 2. The maximum atomic E-state index is 13.5. The normalized spacial score (nSPS) is 10.0. The molecule has 2 N–H and O–H groups in total. The van der Waals surface area contributed by atoms with Crippen LogP contribution in [-0.4, -0.2) is 24.0 Å². The molecule has 0 fully saturated rings. The number of hydrogen-bond acceptors (Lipinski definition) is 4. The lowest BCUT2D eigenvalue weighted by molar-refractivity contribution is 0.0595. The number of carbonyl (C=O) groups is 2. The SMILES string of the molecule is COC(=O)c1cc(NC(=O)c2cc[nH]c(=O)c2)ccc1F. The Morgan fingerprint density at radius 1 is 1.24 bits per heavy atom. The Balaban J connectivity index is 2.26. The number of nitrogens with one attached hydrogen (secondary N) is 2. The molecule has 2 aromatic rings. The van der Waals surface area contributed by atoms with E-state index in [1.807, 2.05) is 0 Å². The second kappa shape index (κ2) is 6.00. The number of esters is 1. The lowest BCUT2D eigenvalue weighted by Gasteiger charge is -2.07. The van der Waals surface area contributed by atoms with E-state index in [4.69, 9.17) is 0 Å². The summed E-state index contributed by atoms with van der Waals surface area (Å²) in [6, 6.07) is 6.04. The highest BCUT2D eigenvalue weighted by Gasteiger charge is 2.14. The summed E-state index contributed by atoms with van der Waals surface area (Å²) < 4.78 is 17.9. The number of aromatic nitrogens is 1. The fraction of sp³-hybridized carbons (Fsp3) is 0.0714. The Morgan fingerprint density at radius 3 is 2.67 bits per heavy atom. The van der Waals surface area contributed by atoms with Crippen molar-refractivity contribution in [3.63, 3.8) is 0 Å².